The number of likely N-dealkylation sites (N-methyl/N-ethyl adjacent to an activating group) is 1. The van der Waals surface area contributed by atoms with Gasteiger partial charge in [-0.25, -0.2) is 9.67 Å². The Labute approximate surface area is 152 Å². The van der Waals surface area contributed by atoms with Crippen molar-refractivity contribution in [1.29, 1.82) is 0 Å². The predicted octanol–water partition coefficient (Wildman–Crippen LogP) is -0.135. The van der Waals surface area contributed by atoms with Crippen molar-refractivity contribution in [2.45, 2.75) is 37.8 Å². The highest BCUT2D eigenvalue weighted by atomic mass is 16.5. The van der Waals surface area contributed by atoms with E-state index in [1.807, 2.05) is 4.68 Å². The summed E-state index contributed by atoms with van der Waals surface area (Å²) in [5.74, 6) is 1.35. The molecule has 0 aromatic carbocycles. The lowest BCUT2D eigenvalue weighted by Gasteiger charge is -2.51. The van der Waals surface area contributed by atoms with Crippen molar-refractivity contribution in [3.63, 3.8) is 0 Å². The second-order valence-corrected chi connectivity index (χ2v) is 7.22. The van der Waals surface area contributed by atoms with Gasteiger partial charge in [-0.05, 0) is 26.3 Å². The fraction of sp³-hybridized carbons (Fsp3) is 0.765. The summed E-state index contributed by atoms with van der Waals surface area (Å²) >= 11 is 0. The van der Waals surface area contributed by atoms with Gasteiger partial charge in [0.05, 0.1) is 12.5 Å². The van der Waals surface area contributed by atoms with Crippen LogP contribution in [0, 0.1) is 5.92 Å². The standard InChI is InChI=1S/C16H25N5O2.CH2O2/c1-19-6-7-20(11-16(19)4-8-23-9-5-16)15(22)13-2-3-14-17-12-18-21(14)10-13;2-1-3/h12-13H,2-11H2,1H3;1H,(H,2,3). The van der Waals surface area contributed by atoms with Gasteiger partial charge in [0.25, 0.3) is 6.47 Å². The van der Waals surface area contributed by atoms with Gasteiger partial charge in [-0.1, -0.05) is 0 Å². The molecular formula is C17H27N5O4. The van der Waals surface area contributed by atoms with E-state index >= 15 is 0 Å². The number of ether oxygens (including phenoxy) is 1. The predicted molar refractivity (Wildman–Crippen MR) is 92.5 cm³/mol. The number of carbonyl (C=O) groups excluding carboxylic acids is 1. The molecule has 144 valence electrons. The molecule has 0 aliphatic carbocycles. The number of amides is 1. The van der Waals surface area contributed by atoms with Gasteiger partial charge >= 0.3 is 0 Å². The van der Waals surface area contributed by atoms with E-state index in [-0.39, 0.29) is 17.9 Å². The maximum absolute atomic E-state index is 13.0. The molecule has 0 bridgehead atoms. The van der Waals surface area contributed by atoms with Crippen LogP contribution in [0.4, 0.5) is 0 Å². The SMILES string of the molecule is CN1CCN(C(=O)C2CCc3ncnn3C2)CC12CCOCC2.O=CO. The third-order valence-corrected chi connectivity index (χ3v) is 5.89. The zero-order valence-electron chi connectivity index (χ0n) is 15.2. The minimum Gasteiger partial charge on any atom is -0.483 e. The molecule has 0 radical (unpaired) electrons. The molecular weight excluding hydrogens is 338 g/mol. The molecule has 1 unspecified atom stereocenters. The molecule has 1 spiro atoms. The summed E-state index contributed by atoms with van der Waals surface area (Å²) in [7, 11) is 2.19. The van der Waals surface area contributed by atoms with Gasteiger partial charge in [0.15, 0.2) is 0 Å². The van der Waals surface area contributed by atoms with E-state index in [2.05, 4.69) is 26.9 Å². The summed E-state index contributed by atoms with van der Waals surface area (Å²) in [6, 6.07) is 0. The monoisotopic (exact) mass is 365 g/mol. The van der Waals surface area contributed by atoms with Gasteiger partial charge in [-0.15, -0.1) is 0 Å². The fourth-order valence-electron chi connectivity index (χ4n) is 4.24. The van der Waals surface area contributed by atoms with Crippen molar-refractivity contribution < 1.29 is 19.4 Å². The number of carboxylic acid groups (broad SMARTS) is 1. The van der Waals surface area contributed by atoms with Crippen LogP contribution >= 0.6 is 0 Å². The number of nitrogens with zero attached hydrogens (tertiary/aromatic N) is 5. The summed E-state index contributed by atoms with van der Waals surface area (Å²) in [6.07, 6.45) is 5.37. The second kappa shape index (κ2) is 8.13. The Morgan fingerprint density at radius 1 is 1.38 bits per heavy atom. The molecule has 1 aromatic heterocycles. The topological polar surface area (TPSA) is 101 Å². The van der Waals surface area contributed by atoms with Crippen LogP contribution in [0.1, 0.15) is 25.1 Å². The van der Waals surface area contributed by atoms with Crippen molar-refractivity contribution >= 4 is 12.4 Å². The molecule has 9 heteroatoms. The molecule has 3 aliphatic rings. The lowest BCUT2D eigenvalue weighted by molar-refractivity contribution is -0.145. The summed E-state index contributed by atoms with van der Waals surface area (Å²) in [4.78, 5) is 30.2. The van der Waals surface area contributed by atoms with E-state index in [1.165, 1.54) is 0 Å². The first-order valence-corrected chi connectivity index (χ1v) is 9.12. The second-order valence-electron chi connectivity index (χ2n) is 7.22. The van der Waals surface area contributed by atoms with Crippen LogP contribution in [0.5, 0.6) is 0 Å². The number of carbonyl (C=O) groups is 2. The maximum Gasteiger partial charge on any atom is 0.290 e. The first-order valence-electron chi connectivity index (χ1n) is 9.12. The average Bonchev–Trinajstić information content (AvgIpc) is 3.13. The number of fused-ring (bicyclic) bond motifs is 1. The molecule has 3 aliphatic heterocycles. The highest BCUT2D eigenvalue weighted by Gasteiger charge is 2.43. The lowest BCUT2D eigenvalue weighted by Crippen LogP contribution is -2.64. The van der Waals surface area contributed by atoms with Crippen LogP contribution in [0.25, 0.3) is 0 Å². The van der Waals surface area contributed by atoms with E-state index in [9.17, 15) is 4.79 Å². The molecule has 0 saturated carbocycles. The van der Waals surface area contributed by atoms with Crippen LogP contribution < -0.4 is 0 Å². The Morgan fingerprint density at radius 2 is 2.12 bits per heavy atom. The summed E-state index contributed by atoms with van der Waals surface area (Å²) in [5.41, 5.74) is 0.110. The third-order valence-electron chi connectivity index (χ3n) is 5.89. The van der Waals surface area contributed by atoms with Gasteiger partial charge in [-0.2, -0.15) is 5.10 Å². The molecule has 26 heavy (non-hydrogen) atoms. The molecule has 4 heterocycles. The highest BCUT2D eigenvalue weighted by Crippen LogP contribution is 2.32. The van der Waals surface area contributed by atoms with Crippen molar-refractivity contribution in [3.8, 4) is 0 Å². The molecule has 1 atom stereocenters. The minimum absolute atomic E-state index is 0.0458. The normalized spacial score (nSPS) is 25.1. The molecule has 1 N–H and O–H groups in total. The third kappa shape index (κ3) is 3.73. The molecule has 9 nitrogen and oxygen atoms in total. The number of rotatable bonds is 1. The Morgan fingerprint density at radius 3 is 2.85 bits per heavy atom. The number of piperazine rings is 1. The molecule has 2 fully saturated rings. The van der Waals surface area contributed by atoms with E-state index in [1.54, 1.807) is 6.33 Å². The Hall–Kier alpha value is -2.00. The summed E-state index contributed by atoms with van der Waals surface area (Å²) in [5, 5.41) is 11.1. The van der Waals surface area contributed by atoms with Crippen LogP contribution in [0.2, 0.25) is 0 Å². The average molecular weight is 365 g/mol. The quantitative estimate of drug-likeness (QED) is 0.692. The molecule has 2 saturated heterocycles. The zero-order chi connectivity index (χ0) is 18.6. The van der Waals surface area contributed by atoms with Gasteiger partial charge in [-0.3, -0.25) is 14.5 Å². The Bertz CT molecular complexity index is 628. The summed E-state index contributed by atoms with van der Waals surface area (Å²) in [6.45, 7) is 4.66. The van der Waals surface area contributed by atoms with Gasteiger partial charge < -0.3 is 14.7 Å². The van der Waals surface area contributed by atoms with Crippen molar-refractivity contribution in [1.82, 2.24) is 24.6 Å². The van der Waals surface area contributed by atoms with Crippen LogP contribution in [0.3, 0.4) is 0 Å². The minimum atomic E-state index is -0.250. The van der Waals surface area contributed by atoms with E-state index < -0.39 is 0 Å². The van der Waals surface area contributed by atoms with Crippen LogP contribution in [-0.2, 0) is 27.3 Å². The number of hydrogen-bond donors (Lipinski definition) is 1. The Balaban J connectivity index is 0.000000613. The maximum atomic E-state index is 13.0. The van der Waals surface area contributed by atoms with Crippen molar-refractivity contribution in [2.75, 3.05) is 39.9 Å². The highest BCUT2D eigenvalue weighted by molar-refractivity contribution is 5.79. The first kappa shape index (κ1) is 18.8. The number of aryl methyl sites for hydroxylation is 1. The zero-order valence-corrected chi connectivity index (χ0v) is 15.2. The van der Waals surface area contributed by atoms with E-state index in [4.69, 9.17) is 14.6 Å². The Kier molecular flexibility index (Phi) is 5.87. The van der Waals surface area contributed by atoms with Gasteiger partial charge in [0, 0.05) is 44.8 Å². The number of hydrogen-bond acceptors (Lipinski definition) is 6. The fourth-order valence-corrected chi connectivity index (χ4v) is 4.24. The first-order chi connectivity index (χ1) is 12.6. The van der Waals surface area contributed by atoms with E-state index in [0.29, 0.717) is 12.5 Å². The van der Waals surface area contributed by atoms with E-state index in [0.717, 1.165) is 64.4 Å². The molecule has 1 aromatic rings. The van der Waals surface area contributed by atoms with Crippen molar-refractivity contribution in [3.05, 3.63) is 12.2 Å². The van der Waals surface area contributed by atoms with Gasteiger partial charge in [0.2, 0.25) is 5.91 Å². The van der Waals surface area contributed by atoms with Crippen molar-refractivity contribution in [2.24, 2.45) is 5.92 Å². The van der Waals surface area contributed by atoms with Crippen LogP contribution in [0.15, 0.2) is 6.33 Å². The number of aromatic nitrogens is 3. The molecule has 1 amide bonds. The van der Waals surface area contributed by atoms with Gasteiger partial charge in [0.1, 0.15) is 12.2 Å². The lowest BCUT2D eigenvalue weighted by atomic mass is 9.85. The largest absolute Gasteiger partial charge is 0.483 e. The smallest absolute Gasteiger partial charge is 0.290 e. The van der Waals surface area contributed by atoms with Crippen LogP contribution in [-0.4, -0.2) is 87.5 Å². The molecule has 4 rings (SSSR count). The summed E-state index contributed by atoms with van der Waals surface area (Å²) < 4.78 is 7.43.